The van der Waals surface area contributed by atoms with E-state index in [0.717, 1.165) is 48.6 Å². The summed E-state index contributed by atoms with van der Waals surface area (Å²) in [5.74, 6) is 2.33. The first-order valence-electron chi connectivity index (χ1n) is 9.44. The Morgan fingerprint density at radius 3 is 2.86 bits per heavy atom. The van der Waals surface area contributed by atoms with Crippen molar-refractivity contribution in [3.63, 3.8) is 0 Å². The molecule has 0 saturated carbocycles. The summed E-state index contributed by atoms with van der Waals surface area (Å²) in [5.41, 5.74) is 2.70. The minimum absolute atomic E-state index is 0.0203. The number of nitrogens with zero attached hydrogens (tertiary/aromatic N) is 4. The Bertz CT molecular complexity index is 1040. The van der Waals surface area contributed by atoms with E-state index in [-0.39, 0.29) is 18.6 Å². The average molecular weight is 379 g/mol. The molecule has 1 aromatic carbocycles. The highest BCUT2D eigenvalue weighted by molar-refractivity contribution is 5.93. The van der Waals surface area contributed by atoms with E-state index in [9.17, 15) is 4.79 Å². The Labute approximate surface area is 162 Å². The monoisotopic (exact) mass is 379 g/mol. The van der Waals surface area contributed by atoms with Gasteiger partial charge in [0.2, 0.25) is 12.7 Å². The van der Waals surface area contributed by atoms with E-state index >= 15 is 0 Å². The van der Waals surface area contributed by atoms with Gasteiger partial charge in [0.25, 0.3) is 0 Å². The van der Waals surface area contributed by atoms with Gasteiger partial charge in [-0.15, -0.1) is 0 Å². The minimum Gasteiger partial charge on any atom is -0.454 e. The zero-order valence-corrected chi connectivity index (χ0v) is 15.6. The van der Waals surface area contributed by atoms with Crippen LogP contribution in [0.25, 0.3) is 5.52 Å². The number of hydrogen-bond acceptors (Lipinski definition) is 6. The molecule has 8 nitrogen and oxygen atoms in total. The average Bonchev–Trinajstić information content (AvgIpc) is 3.32. The molecule has 144 valence electrons. The van der Waals surface area contributed by atoms with E-state index in [2.05, 4.69) is 20.3 Å². The molecule has 4 heterocycles. The van der Waals surface area contributed by atoms with E-state index in [4.69, 9.17) is 9.47 Å². The normalized spacial score (nSPS) is 16.5. The van der Waals surface area contributed by atoms with Gasteiger partial charge in [0.15, 0.2) is 17.3 Å². The number of anilines is 2. The van der Waals surface area contributed by atoms with E-state index < -0.39 is 0 Å². The lowest BCUT2D eigenvalue weighted by atomic mass is 9.95. The number of fused-ring (bicyclic) bond motifs is 2. The molecule has 3 aromatic rings. The van der Waals surface area contributed by atoms with E-state index in [1.807, 2.05) is 41.9 Å². The highest BCUT2D eigenvalue weighted by Crippen LogP contribution is 2.34. The summed E-state index contributed by atoms with van der Waals surface area (Å²) in [6.45, 7) is 3.78. The van der Waals surface area contributed by atoms with Crippen LogP contribution in [0.3, 0.4) is 0 Å². The van der Waals surface area contributed by atoms with Crippen LogP contribution in [0.5, 0.6) is 11.5 Å². The van der Waals surface area contributed by atoms with Crippen molar-refractivity contribution in [3.8, 4) is 11.5 Å². The second kappa shape index (κ2) is 6.70. The first-order valence-corrected chi connectivity index (χ1v) is 9.44. The maximum atomic E-state index is 12.7. The zero-order valence-electron chi connectivity index (χ0n) is 15.6. The number of carbonyl (C=O) groups excluding carboxylic acids is 1. The van der Waals surface area contributed by atoms with Crippen LogP contribution in [0, 0.1) is 12.8 Å². The molecule has 5 rings (SSSR count). The Kier molecular flexibility index (Phi) is 4.03. The molecule has 2 aliphatic rings. The maximum absolute atomic E-state index is 12.7. The van der Waals surface area contributed by atoms with Crippen molar-refractivity contribution < 1.29 is 14.3 Å². The van der Waals surface area contributed by atoms with Crippen LogP contribution in [-0.4, -0.2) is 40.4 Å². The predicted octanol–water partition coefficient (Wildman–Crippen LogP) is 2.62. The van der Waals surface area contributed by atoms with Crippen molar-refractivity contribution in [1.82, 2.24) is 14.6 Å². The Morgan fingerprint density at radius 2 is 2.00 bits per heavy atom. The van der Waals surface area contributed by atoms with Gasteiger partial charge in [-0.1, -0.05) is 0 Å². The molecule has 8 heteroatoms. The number of aromatic nitrogens is 3. The van der Waals surface area contributed by atoms with Crippen molar-refractivity contribution in [2.45, 2.75) is 19.8 Å². The van der Waals surface area contributed by atoms with Crippen LogP contribution in [0.15, 0.2) is 36.7 Å². The maximum Gasteiger partial charge on any atom is 0.231 e. The van der Waals surface area contributed by atoms with Crippen molar-refractivity contribution >= 4 is 22.9 Å². The Balaban J connectivity index is 1.24. The molecule has 1 fully saturated rings. The second-order valence-electron chi connectivity index (χ2n) is 7.18. The summed E-state index contributed by atoms with van der Waals surface area (Å²) in [6.07, 6.45) is 5.20. The van der Waals surface area contributed by atoms with Gasteiger partial charge in [-0.05, 0) is 38.0 Å². The van der Waals surface area contributed by atoms with Crippen molar-refractivity contribution in [3.05, 3.63) is 42.4 Å². The molecule has 1 N–H and O–H groups in total. The summed E-state index contributed by atoms with van der Waals surface area (Å²) < 4.78 is 12.5. The van der Waals surface area contributed by atoms with Crippen LogP contribution < -0.4 is 19.7 Å². The fourth-order valence-electron chi connectivity index (χ4n) is 3.85. The quantitative estimate of drug-likeness (QED) is 0.753. The second-order valence-corrected chi connectivity index (χ2v) is 7.18. The van der Waals surface area contributed by atoms with Crippen LogP contribution >= 0.6 is 0 Å². The van der Waals surface area contributed by atoms with Gasteiger partial charge in [0.05, 0.1) is 5.69 Å². The van der Waals surface area contributed by atoms with Gasteiger partial charge in [-0.2, -0.15) is 5.10 Å². The summed E-state index contributed by atoms with van der Waals surface area (Å²) >= 11 is 0. The lowest BCUT2D eigenvalue weighted by molar-refractivity contribution is -0.120. The minimum atomic E-state index is -0.0203. The standard InChI is InChI=1S/C20H21N5O3/c1-13-10-16-19(21-6-9-25(16)23-13)24-7-4-14(5-8-24)20(26)22-15-2-3-17-18(11-15)28-12-27-17/h2-3,6,9-11,14H,4-5,7-8,12H2,1H3,(H,22,26). The number of amides is 1. The number of ether oxygens (including phenoxy) is 2. The number of benzene rings is 1. The molecule has 28 heavy (non-hydrogen) atoms. The number of hydrogen-bond donors (Lipinski definition) is 1. The zero-order chi connectivity index (χ0) is 19.1. The van der Waals surface area contributed by atoms with Gasteiger partial charge >= 0.3 is 0 Å². The number of nitrogens with one attached hydrogen (secondary N) is 1. The molecular weight excluding hydrogens is 358 g/mol. The molecular formula is C20H21N5O3. The molecule has 0 unspecified atom stereocenters. The number of aryl methyl sites for hydroxylation is 1. The smallest absolute Gasteiger partial charge is 0.231 e. The molecule has 0 spiro atoms. The SMILES string of the molecule is Cc1cc2c(N3CCC(C(=O)Nc4ccc5c(c4)OCO5)CC3)nccn2n1. The van der Waals surface area contributed by atoms with Crippen molar-refractivity contribution in [2.24, 2.45) is 5.92 Å². The number of carbonyl (C=O) groups is 1. The fourth-order valence-corrected chi connectivity index (χ4v) is 3.85. The first kappa shape index (κ1) is 16.9. The van der Waals surface area contributed by atoms with Gasteiger partial charge in [0.1, 0.15) is 5.52 Å². The van der Waals surface area contributed by atoms with E-state index in [1.165, 1.54) is 0 Å². The Hall–Kier alpha value is -3.29. The third kappa shape index (κ3) is 3.00. The van der Waals surface area contributed by atoms with Gasteiger partial charge in [-0.3, -0.25) is 4.79 Å². The van der Waals surface area contributed by atoms with Gasteiger partial charge < -0.3 is 19.7 Å². The highest BCUT2D eigenvalue weighted by Gasteiger charge is 2.27. The highest BCUT2D eigenvalue weighted by atomic mass is 16.7. The topological polar surface area (TPSA) is 81.0 Å². The third-order valence-electron chi connectivity index (χ3n) is 5.30. The van der Waals surface area contributed by atoms with E-state index in [0.29, 0.717) is 11.5 Å². The largest absolute Gasteiger partial charge is 0.454 e. The molecule has 1 amide bonds. The fraction of sp³-hybridized carbons (Fsp3) is 0.350. The molecule has 0 aliphatic carbocycles. The number of piperidine rings is 1. The van der Waals surface area contributed by atoms with Crippen LogP contribution in [0.4, 0.5) is 11.5 Å². The van der Waals surface area contributed by atoms with E-state index in [1.54, 1.807) is 6.20 Å². The predicted molar refractivity (Wildman–Crippen MR) is 104 cm³/mol. The summed E-state index contributed by atoms with van der Waals surface area (Å²) in [6, 6.07) is 7.51. The molecule has 2 aliphatic heterocycles. The van der Waals surface area contributed by atoms with Gasteiger partial charge in [-0.25, -0.2) is 9.50 Å². The van der Waals surface area contributed by atoms with Crippen LogP contribution in [0.1, 0.15) is 18.5 Å². The third-order valence-corrected chi connectivity index (χ3v) is 5.30. The Morgan fingerprint density at radius 1 is 1.18 bits per heavy atom. The van der Waals surface area contributed by atoms with Crippen LogP contribution in [-0.2, 0) is 4.79 Å². The summed E-state index contributed by atoms with van der Waals surface area (Å²) in [4.78, 5) is 19.5. The summed E-state index contributed by atoms with van der Waals surface area (Å²) in [5, 5.41) is 7.46. The summed E-state index contributed by atoms with van der Waals surface area (Å²) in [7, 11) is 0. The molecule has 1 saturated heterocycles. The first-order chi connectivity index (χ1) is 13.7. The molecule has 2 aromatic heterocycles. The lowest BCUT2D eigenvalue weighted by Crippen LogP contribution is -2.38. The van der Waals surface area contributed by atoms with Crippen molar-refractivity contribution in [2.75, 3.05) is 30.1 Å². The molecule has 0 radical (unpaired) electrons. The molecule has 0 bridgehead atoms. The van der Waals surface area contributed by atoms with Crippen molar-refractivity contribution in [1.29, 1.82) is 0 Å². The van der Waals surface area contributed by atoms with Gasteiger partial charge in [0, 0.05) is 43.2 Å². The number of rotatable bonds is 3. The molecule has 0 atom stereocenters. The lowest BCUT2D eigenvalue weighted by Gasteiger charge is -2.32. The van der Waals surface area contributed by atoms with Crippen LogP contribution in [0.2, 0.25) is 0 Å².